The van der Waals surface area contributed by atoms with E-state index in [0.29, 0.717) is 44.2 Å². The first-order chi connectivity index (χ1) is 23.0. The van der Waals surface area contributed by atoms with Crippen LogP contribution in [0.3, 0.4) is 0 Å². The highest BCUT2D eigenvalue weighted by atomic mass is 35.5. The lowest BCUT2D eigenvalue weighted by Crippen LogP contribution is -2.58. The maximum atomic E-state index is 15.7. The van der Waals surface area contributed by atoms with Gasteiger partial charge >= 0.3 is 6.09 Å². The van der Waals surface area contributed by atoms with Crippen LogP contribution in [0.2, 0.25) is 5.02 Å². The van der Waals surface area contributed by atoms with Crippen molar-refractivity contribution in [2.45, 2.75) is 61.5 Å². The molecule has 0 saturated carbocycles. The van der Waals surface area contributed by atoms with Crippen LogP contribution in [0.4, 0.5) is 14.9 Å². The summed E-state index contributed by atoms with van der Waals surface area (Å²) in [6.07, 6.45) is 2.64. The minimum atomic E-state index is -3.88. The van der Waals surface area contributed by atoms with E-state index in [1.165, 1.54) is 10.5 Å². The molecule has 0 unspecified atom stereocenters. The van der Waals surface area contributed by atoms with Crippen LogP contribution < -0.4 is 16.0 Å². The number of anilines is 1. The summed E-state index contributed by atoms with van der Waals surface area (Å²) in [5.74, 6) is -2.09. The smallest absolute Gasteiger partial charge is 0.421 e. The number of carbonyl (C=O) groups excluding carboxylic acids is 2. The maximum Gasteiger partial charge on any atom is 0.421 e. The van der Waals surface area contributed by atoms with E-state index in [9.17, 15) is 18.0 Å². The minimum absolute atomic E-state index is 0.0137. The number of halogens is 2. The predicted molar refractivity (Wildman–Crippen MR) is 180 cm³/mol. The topological polar surface area (TPSA) is 144 Å². The minimum Gasteiger partial charge on any atom is -0.452 e. The molecule has 2 amide bonds. The lowest BCUT2D eigenvalue weighted by atomic mass is 9.76. The van der Waals surface area contributed by atoms with Gasteiger partial charge in [-0.1, -0.05) is 41.9 Å². The largest absolute Gasteiger partial charge is 0.452 e. The zero-order valence-electron chi connectivity index (χ0n) is 26.9. The number of methoxy groups -OCH3 is 1. The van der Waals surface area contributed by atoms with Crippen LogP contribution in [-0.2, 0) is 30.7 Å². The van der Waals surface area contributed by atoms with Crippen molar-refractivity contribution in [2.75, 3.05) is 38.3 Å². The van der Waals surface area contributed by atoms with Gasteiger partial charge in [0.15, 0.2) is 0 Å². The molecule has 0 radical (unpaired) electrons. The molecule has 3 N–H and O–H groups in total. The Morgan fingerprint density at radius 2 is 1.81 bits per heavy atom. The van der Waals surface area contributed by atoms with E-state index in [1.807, 2.05) is 19.1 Å². The van der Waals surface area contributed by atoms with Gasteiger partial charge in [0.1, 0.15) is 5.82 Å². The van der Waals surface area contributed by atoms with Crippen molar-refractivity contribution < 1.29 is 31.9 Å². The number of hydrogen-bond donors (Lipinski definition) is 2. The van der Waals surface area contributed by atoms with Crippen molar-refractivity contribution in [1.29, 1.82) is 0 Å². The monoisotopic (exact) mass is 701 g/mol. The van der Waals surface area contributed by atoms with Crippen LogP contribution in [0, 0.1) is 11.7 Å². The van der Waals surface area contributed by atoms with Gasteiger partial charge in [0.25, 0.3) is 5.91 Å². The number of benzene rings is 2. The fourth-order valence-electron chi connectivity index (χ4n) is 6.81. The van der Waals surface area contributed by atoms with Crippen molar-refractivity contribution in [3.63, 3.8) is 0 Å². The molecule has 48 heavy (non-hydrogen) atoms. The standard InChI is InChI=1S/C34H41ClFN5O6S/c1-22-18-38-19-26(41(22)48(44,45)27-6-4-3-5-7-27)12-13-28-29(36)20-39-21-30(28)40(34(43)46-2)33(42)32(37)31(24-14-16-47-17-15-24)23-8-10-25(35)11-9-23/h3-11,20-22,24,26,31-32,38H,12-19,37H2,1-2H3/t22-,26-,31-,32-/m0/s1. The van der Waals surface area contributed by atoms with Crippen molar-refractivity contribution >= 4 is 39.3 Å². The van der Waals surface area contributed by atoms with Crippen LogP contribution in [-0.4, -0.2) is 81.2 Å². The third-order valence-electron chi connectivity index (χ3n) is 9.16. The molecule has 0 aliphatic carbocycles. The molecule has 2 fully saturated rings. The second kappa shape index (κ2) is 15.8. The molecule has 11 nitrogen and oxygen atoms in total. The first kappa shape index (κ1) is 35.8. The van der Waals surface area contributed by atoms with E-state index in [2.05, 4.69) is 10.3 Å². The number of sulfonamides is 1. The Morgan fingerprint density at radius 1 is 1.12 bits per heavy atom. The fourth-order valence-corrected chi connectivity index (χ4v) is 8.80. The zero-order valence-corrected chi connectivity index (χ0v) is 28.5. The van der Waals surface area contributed by atoms with Gasteiger partial charge in [-0.3, -0.25) is 9.78 Å². The molecular weight excluding hydrogens is 661 g/mol. The molecule has 258 valence electrons. The Kier molecular flexibility index (Phi) is 11.8. The van der Waals surface area contributed by atoms with Gasteiger partial charge in [0.05, 0.1) is 36.1 Å². The lowest BCUT2D eigenvalue weighted by Gasteiger charge is -2.40. The number of imide groups is 1. The summed E-state index contributed by atoms with van der Waals surface area (Å²) in [6, 6.07) is 13.1. The summed E-state index contributed by atoms with van der Waals surface area (Å²) in [5.41, 5.74) is 7.41. The third kappa shape index (κ3) is 7.72. The Labute approximate surface area is 285 Å². The van der Waals surface area contributed by atoms with E-state index in [1.54, 1.807) is 42.5 Å². The van der Waals surface area contributed by atoms with E-state index in [-0.39, 0.29) is 40.9 Å². The summed E-state index contributed by atoms with van der Waals surface area (Å²) in [4.78, 5) is 32.5. The molecule has 0 bridgehead atoms. The number of rotatable bonds is 10. The summed E-state index contributed by atoms with van der Waals surface area (Å²) in [5, 5.41) is 3.79. The number of pyridine rings is 1. The molecule has 2 aliphatic heterocycles. The van der Waals surface area contributed by atoms with Gasteiger partial charge in [-0.25, -0.2) is 22.5 Å². The molecule has 3 aromatic rings. The van der Waals surface area contributed by atoms with Gasteiger partial charge in [0, 0.05) is 54.9 Å². The number of nitrogens with one attached hydrogen (secondary N) is 1. The van der Waals surface area contributed by atoms with Gasteiger partial charge in [-0.05, 0) is 68.4 Å². The summed E-state index contributed by atoms with van der Waals surface area (Å²) in [7, 11) is -2.76. The normalized spacial score (nSPS) is 20.5. The van der Waals surface area contributed by atoms with Gasteiger partial charge < -0.3 is 20.5 Å². The van der Waals surface area contributed by atoms with E-state index >= 15 is 4.39 Å². The van der Waals surface area contributed by atoms with Gasteiger partial charge in [-0.2, -0.15) is 4.31 Å². The van der Waals surface area contributed by atoms with Gasteiger partial charge in [-0.15, -0.1) is 0 Å². The molecule has 2 saturated heterocycles. The van der Waals surface area contributed by atoms with Crippen LogP contribution in [0.15, 0.2) is 71.9 Å². The Hall–Kier alpha value is -3.46. The highest BCUT2D eigenvalue weighted by Crippen LogP contribution is 2.37. The quantitative estimate of drug-likeness (QED) is 0.312. The van der Waals surface area contributed by atoms with E-state index in [4.69, 9.17) is 26.8 Å². The lowest BCUT2D eigenvalue weighted by molar-refractivity contribution is -0.120. The van der Waals surface area contributed by atoms with Crippen molar-refractivity contribution in [3.05, 3.63) is 89.0 Å². The van der Waals surface area contributed by atoms with Crippen LogP contribution in [0.5, 0.6) is 0 Å². The molecule has 0 spiro atoms. The van der Waals surface area contributed by atoms with Crippen LogP contribution >= 0.6 is 11.6 Å². The Morgan fingerprint density at radius 3 is 2.48 bits per heavy atom. The maximum absolute atomic E-state index is 15.7. The number of ether oxygens (including phenoxy) is 2. The van der Waals surface area contributed by atoms with Crippen LogP contribution in [0.25, 0.3) is 0 Å². The second-order valence-electron chi connectivity index (χ2n) is 12.2. The highest BCUT2D eigenvalue weighted by molar-refractivity contribution is 7.89. The number of nitrogens with zero attached hydrogens (tertiary/aromatic N) is 3. The molecule has 14 heteroatoms. The Bertz CT molecular complexity index is 1680. The zero-order chi connectivity index (χ0) is 34.4. The summed E-state index contributed by atoms with van der Waals surface area (Å²) in [6.45, 7) is 3.59. The average Bonchev–Trinajstić information content (AvgIpc) is 3.09. The third-order valence-corrected chi connectivity index (χ3v) is 11.5. The molecule has 3 heterocycles. The number of aromatic nitrogens is 1. The predicted octanol–water partition coefficient (Wildman–Crippen LogP) is 4.50. The van der Waals surface area contributed by atoms with Crippen molar-refractivity contribution in [1.82, 2.24) is 14.6 Å². The molecular formula is C34H41ClFN5O6S. The second-order valence-corrected chi connectivity index (χ2v) is 14.4. The molecule has 2 aromatic carbocycles. The van der Waals surface area contributed by atoms with Crippen molar-refractivity contribution in [2.24, 2.45) is 11.7 Å². The molecule has 2 aliphatic rings. The van der Waals surface area contributed by atoms with Crippen molar-refractivity contribution in [3.8, 4) is 0 Å². The number of nitrogens with two attached hydrogens (primary N) is 1. The summed E-state index contributed by atoms with van der Waals surface area (Å²) >= 11 is 6.16. The molecule has 4 atom stereocenters. The number of piperazine rings is 1. The first-order valence-corrected chi connectivity index (χ1v) is 17.8. The number of hydrogen-bond acceptors (Lipinski definition) is 9. The van der Waals surface area contributed by atoms with Crippen LogP contribution in [0.1, 0.15) is 43.2 Å². The number of carbonyl (C=O) groups is 2. The van der Waals surface area contributed by atoms with E-state index < -0.39 is 45.8 Å². The summed E-state index contributed by atoms with van der Waals surface area (Å²) < 4.78 is 55.2. The number of amides is 2. The first-order valence-electron chi connectivity index (χ1n) is 16.0. The highest BCUT2D eigenvalue weighted by Gasteiger charge is 2.41. The molecule has 5 rings (SSSR count). The Balaban J connectivity index is 1.47. The average molecular weight is 702 g/mol. The fraction of sp³-hybridized carbons (Fsp3) is 0.441. The van der Waals surface area contributed by atoms with E-state index in [0.717, 1.165) is 23.8 Å². The molecule has 1 aromatic heterocycles. The SMILES string of the molecule is COC(=O)N(C(=O)[C@@H](N)[C@@H](c1ccc(Cl)cc1)C1CCOCC1)c1cncc(F)c1CC[C@H]1CNC[C@H](C)N1S(=O)(=O)c1ccccc1. The van der Waals surface area contributed by atoms with Gasteiger partial charge in [0.2, 0.25) is 10.0 Å².